The molecule has 0 aliphatic rings. The summed E-state index contributed by atoms with van der Waals surface area (Å²) in [6.45, 7) is 2.09. The van der Waals surface area contributed by atoms with Gasteiger partial charge in [0.05, 0.1) is 23.6 Å². The monoisotopic (exact) mass is 376 g/mol. The molecule has 7 nitrogen and oxygen atoms in total. The number of anilines is 1. The molecular weight excluding hydrogens is 360 g/mol. The molecule has 0 bridgehead atoms. The summed E-state index contributed by atoms with van der Waals surface area (Å²) in [6, 6.07) is 5.64. The second kappa shape index (κ2) is 7.58. The van der Waals surface area contributed by atoms with Gasteiger partial charge in [-0.25, -0.2) is 4.98 Å². The quantitative estimate of drug-likeness (QED) is 0.669. The lowest BCUT2D eigenvalue weighted by atomic mass is 10.3. The number of aromatic nitrogens is 3. The van der Waals surface area contributed by atoms with Gasteiger partial charge >= 0.3 is 5.97 Å². The average Bonchev–Trinajstić information content (AvgIpc) is 3.28. The van der Waals surface area contributed by atoms with E-state index < -0.39 is 0 Å². The molecule has 3 rings (SSSR count). The van der Waals surface area contributed by atoms with Gasteiger partial charge < -0.3 is 4.74 Å². The molecule has 130 valence electrons. The number of carbonyl (C=O) groups is 2. The molecule has 25 heavy (non-hydrogen) atoms. The van der Waals surface area contributed by atoms with Crippen molar-refractivity contribution in [2.45, 2.75) is 13.3 Å². The second-order valence-electron chi connectivity index (χ2n) is 5.10. The molecule has 0 spiro atoms. The van der Waals surface area contributed by atoms with E-state index in [-0.39, 0.29) is 18.3 Å². The lowest BCUT2D eigenvalue weighted by Crippen LogP contribution is -2.16. The summed E-state index contributed by atoms with van der Waals surface area (Å²) in [7, 11) is 1.72. The summed E-state index contributed by atoms with van der Waals surface area (Å²) in [4.78, 5) is 29.2. The first-order valence-electron chi connectivity index (χ1n) is 7.56. The number of rotatable bonds is 6. The van der Waals surface area contributed by atoms with Crippen LogP contribution in [0.15, 0.2) is 29.0 Å². The zero-order chi connectivity index (χ0) is 17.8. The SMILES string of the molecule is CCOC(=O)Cc1csc(NC(=O)c2cc(-c3cccs3)nn2C)n1. The number of nitrogens with one attached hydrogen (secondary N) is 1. The minimum absolute atomic E-state index is 0.0917. The fourth-order valence-electron chi connectivity index (χ4n) is 2.19. The standard InChI is InChI=1S/C16H16N4O3S2/c1-3-23-14(21)7-10-9-25-16(17-10)18-15(22)12-8-11(19-20(12)2)13-5-4-6-24-13/h4-6,8-9H,3,7H2,1-2H3,(H,17,18,22). The lowest BCUT2D eigenvalue weighted by molar-refractivity contribution is -0.142. The summed E-state index contributed by atoms with van der Waals surface area (Å²) in [5.74, 6) is -0.632. The maximum absolute atomic E-state index is 12.5. The number of hydrogen-bond acceptors (Lipinski definition) is 7. The molecule has 3 aromatic heterocycles. The molecule has 0 saturated heterocycles. The average molecular weight is 376 g/mol. The smallest absolute Gasteiger partial charge is 0.311 e. The maximum Gasteiger partial charge on any atom is 0.311 e. The third kappa shape index (κ3) is 4.12. The normalized spacial score (nSPS) is 10.6. The Morgan fingerprint density at radius 3 is 2.92 bits per heavy atom. The van der Waals surface area contributed by atoms with E-state index in [0.717, 1.165) is 10.6 Å². The van der Waals surface area contributed by atoms with Gasteiger partial charge in [0.15, 0.2) is 5.13 Å². The van der Waals surface area contributed by atoms with Crippen molar-refractivity contribution in [1.82, 2.24) is 14.8 Å². The summed E-state index contributed by atoms with van der Waals surface area (Å²) in [5, 5.41) is 11.2. The molecule has 1 amide bonds. The van der Waals surface area contributed by atoms with Crippen LogP contribution in [0.1, 0.15) is 23.1 Å². The van der Waals surface area contributed by atoms with Crippen LogP contribution >= 0.6 is 22.7 Å². The highest BCUT2D eigenvalue weighted by molar-refractivity contribution is 7.14. The van der Waals surface area contributed by atoms with Crippen LogP contribution in [0.5, 0.6) is 0 Å². The van der Waals surface area contributed by atoms with Crippen molar-refractivity contribution in [3.63, 3.8) is 0 Å². The molecule has 3 aromatic rings. The molecule has 0 saturated carbocycles. The Kier molecular flexibility index (Phi) is 5.25. The van der Waals surface area contributed by atoms with E-state index in [1.807, 2.05) is 17.5 Å². The molecule has 9 heteroatoms. The fraction of sp³-hybridized carbons (Fsp3) is 0.250. The van der Waals surface area contributed by atoms with Crippen molar-refractivity contribution >= 4 is 39.7 Å². The van der Waals surface area contributed by atoms with Crippen LogP contribution in [0.4, 0.5) is 5.13 Å². The minimum Gasteiger partial charge on any atom is -0.466 e. The minimum atomic E-state index is -0.335. The highest BCUT2D eigenvalue weighted by Gasteiger charge is 2.17. The molecule has 0 atom stereocenters. The van der Waals surface area contributed by atoms with Crippen molar-refractivity contribution in [1.29, 1.82) is 0 Å². The predicted molar refractivity (Wildman–Crippen MR) is 96.9 cm³/mol. The van der Waals surface area contributed by atoms with E-state index in [1.54, 1.807) is 36.8 Å². The van der Waals surface area contributed by atoms with Crippen molar-refractivity contribution in [3.8, 4) is 10.6 Å². The van der Waals surface area contributed by atoms with Crippen LogP contribution in [0.2, 0.25) is 0 Å². The van der Waals surface area contributed by atoms with E-state index in [0.29, 0.717) is 23.1 Å². The van der Waals surface area contributed by atoms with Gasteiger partial charge in [-0.3, -0.25) is 19.6 Å². The van der Waals surface area contributed by atoms with Gasteiger partial charge in [-0.2, -0.15) is 5.10 Å². The summed E-state index contributed by atoms with van der Waals surface area (Å²) < 4.78 is 6.43. The predicted octanol–water partition coefficient (Wildman–Crippen LogP) is 2.96. The summed E-state index contributed by atoms with van der Waals surface area (Å²) >= 11 is 2.83. The Hall–Kier alpha value is -2.52. The van der Waals surface area contributed by atoms with Crippen molar-refractivity contribution in [3.05, 3.63) is 40.3 Å². The first kappa shape index (κ1) is 17.3. The third-order valence-electron chi connectivity index (χ3n) is 3.29. The van der Waals surface area contributed by atoms with Crippen molar-refractivity contribution in [2.24, 2.45) is 7.05 Å². The van der Waals surface area contributed by atoms with Crippen LogP contribution in [0.3, 0.4) is 0 Å². The molecule has 0 unspecified atom stereocenters. The van der Waals surface area contributed by atoms with Gasteiger partial charge in [0.25, 0.3) is 5.91 Å². The Bertz CT molecular complexity index is 883. The Morgan fingerprint density at radius 1 is 1.36 bits per heavy atom. The van der Waals surface area contributed by atoms with E-state index in [9.17, 15) is 9.59 Å². The molecule has 0 aliphatic carbocycles. The van der Waals surface area contributed by atoms with Crippen LogP contribution in [-0.4, -0.2) is 33.2 Å². The Balaban J connectivity index is 1.69. The van der Waals surface area contributed by atoms with E-state index >= 15 is 0 Å². The van der Waals surface area contributed by atoms with Gasteiger partial charge in [0, 0.05) is 12.4 Å². The number of thiophene rings is 1. The zero-order valence-electron chi connectivity index (χ0n) is 13.7. The number of nitrogens with zero attached hydrogens (tertiary/aromatic N) is 3. The highest BCUT2D eigenvalue weighted by Crippen LogP contribution is 2.24. The zero-order valence-corrected chi connectivity index (χ0v) is 15.3. The molecule has 0 fully saturated rings. The first-order valence-corrected chi connectivity index (χ1v) is 9.32. The Labute approximate surface area is 152 Å². The van der Waals surface area contributed by atoms with Crippen LogP contribution in [0, 0.1) is 0 Å². The number of amides is 1. The highest BCUT2D eigenvalue weighted by atomic mass is 32.1. The van der Waals surface area contributed by atoms with Crippen molar-refractivity contribution in [2.75, 3.05) is 11.9 Å². The maximum atomic E-state index is 12.5. The molecule has 0 aromatic carbocycles. The summed E-state index contributed by atoms with van der Waals surface area (Å²) in [5.41, 5.74) is 1.76. The van der Waals surface area contributed by atoms with Gasteiger partial charge in [0.2, 0.25) is 0 Å². The molecule has 1 N–H and O–H groups in total. The third-order valence-corrected chi connectivity index (χ3v) is 4.99. The number of hydrogen-bond donors (Lipinski definition) is 1. The second-order valence-corrected chi connectivity index (χ2v) is 6.90. The number of ether oxygens (including phenoxy) is 1. The van der Waals surface area contributed by atoms with Crippen LogP contribution in [-0.2, 0) is 23.0 Å². The number of aryl methyl sites for hydroxylation is 1. The van der Waals surface area contributed by atoms with Gasteiger partial charge in [0.1, 0.15) is 11.4 Å². The number of thiazole rings is 1. The van der Waals surface area contributed by atoms with E-state index in [2.05, 4.69) is 15.4 Å². The van der Waals surface area contributed by atoms with Crippen LogP contribution < -0.4 is 5.32 Å². The molecule has 0 aliphatic heterocycles. The molecule has 3 heterocycles. The van der Waals surface area contributed by atoms with Crippen LogP contribution in [0.25, 0.3) is 10.6 Å². The largest absolute Gasteiger partial charge is 0.466 e. The molecular formula is C16H16N4O3S2. The van der Waals surface area contributed by atoms with Gasteiger partial charge in [-0.15, -0.1) is 22.7 Å². The summed E-state index contributed by atoms with van der Waals surface area (Å²) in [6.07, 6.45) is 0.0917. The molecule has 0 radical (unpaired) electrons. The fourth-order valence-corrected chi connectivity index (χ4v) is 3.58. The Morgan fingerprint density at radius 2 is 2.20 bits per heavy atom. The van der Waals surface area contributed by atoms with Gasteiger partial charge in [-0.05, 0) is 24.4 Å². The van der Waals surface area contributed by atoms with Crippen molar-refractivity contribution < 1.29 is 14.3 Å². The number of esters is 1. The van der Waals surface area contributed by atoms with Gasteiger partial charge in [-0.1, -0.05) is 6.07 Å². The topological polar surface area (TPSA) is 86.1 Å². The van der Waals surface area contributed by atoms with E-state index in [1.165, 1.54) is 16.0 Å². The lowest BCUT2D eigenvalue weighted by Gasteiger charge is -2.01. The van der Waals surface area contributed by atoms with E-state index in [4.69, 9.17) is 4.74 Å². The number of carbonyl (C=O) groups excluding carboxylic acids is 2. The first-order chi connectivity index (χ1) is 12.1.